The number of aryl methyl sites for hydroxylation is 1. The number of rotatable bonds is 10. The topological polar surface area (TPSA) is 70.4 Å². The van der Waals surface area contributed by atoms with Crippen molar-refractivity contribution in [3.63, 3.8) is 0 Å². The van der Waals surface area contributed by atoms with E-state index >= 15 is 0 Å². The molecule has 218 valence electrons. The molecule has 1 unspecified atom stereocenters. The zero-order valence-electron chi connectivity index (χ0n) is 23.9. The molecule has 1 heterocycles. The van der Waals surface area contributed by atoms with Crippen molar-refractivity contribution in [2.75, 3.05) is 5.75 Å². The number of hydrogen-bond acceptors (Lipinski definition) is 4. The minimum atomic E-state index is -0.833. The van der Waals surface area contributed by atoms with Crippen molar-refractivity contribution in [1.82, 2.24) is 4.98 Å². The molecule has 1 atom stereocenters. The predicted molar refractivity (Wildman–Crippen MR) is 182 cm³/mol. The second-order valence-corrected chi connectivity index (χ2v) is 12.8. The van der Waals surface area contributed by atoms with E-state index < -0.39 is 11.6 Å². The molecule has 0 amide bonds. The summed E-state index contributed by atoms with van der Waals surface area (Å²) in [5, 5.41) is 20.3. The van der Waals surface area contributed by atoms with Gasteiger partial charge in [0.15, 0.2) is 0 Å². The molecule has 1 fully saturated rings. The molecule has 1 aliphatic carbocycles. The summed E-state index contributed by atoms with van der Waals surface area (Å²) in [4.78, 5) is 13.8. The fraction of sp³-hybridized carbons (Fsp3) is 0.314. The Morgan fingerprint density at radius 1 is 1.05 bits per heavy atom. The standard InChI is InChI=1S/C33H34ClNOS.C2H4O2.Ca.2H/c1-33(2,36)30-9-4-3-7-25(30)15-19-32(37-22-24-10-11-24)27-8-5-6-23(20-27)12-17-29-18-14-26-13-16-28(34)21-31(26)35-29;1-2(3)4;;;/h3-9,12-14,16-18,20-21,24,32,36H,10-11,15,19,22H2,1-2H3;1H3,(H,3,4);;;/b17-12+;;;;. The van der Waals surface area contributed by atoms with Gasteiger partial charge in [-0.3, -0.25) is 4.79 Å². The van der Waals surface area contributed by atoms with Crippen LogP contribution in [0.15, 0.2) is 78.9 Å². The fourth-order valence-electron chi connectivity index (χ4n) is 4.75. The predicted octanol–water partition coefficient (Wildman–Crippen LogP) is 8.28. The third-order valence-corrected chi connectivity index (χ3v) is 8.80. The summed E-state index contributed by atoms with van der Waals surface area (Å²) in [7, 11) is 0. The molecular weight excluding hydrogens is 590 g/mol. The first kappa shape index (κ1) is 34.6. The van der Waals surface area contributed by atoms with E-state index in [1.807, 2.05) is 44.2 Å². The number of hydrogen-bond donors (Lipinski definition) is 2. The van der Waals surface area contributed by atoms with E-state index in [1.54, 1.807) is 0 Å². The van der Waals surface area contributed by atoms with Crippen LogP contribution in [0.25, 0.3) is 23.1 Å². The molecule has 0 radical (unpaired) electrons. The average Bonchev–Trinajstić information content (AvgIpc) is 3.76. The number of halogens is 1. The first-order valence-corrected chi connectivity index (χ1v) is 15.5. The Morgan fingerprint density at radius 2 is 1.76 bits per heavy atom. The molecular formula is C35H40CaClNO3S. The molecule has 0 aliphatic heterocycles. The summed E-state index contributed by atoms with van der Waals surface area (Å²) < 4.78 is 0. The number of nitrogens with zero attached hydrogens (tertiary/aromatic N) is 1. The number of thioether (sulfide) groups is 1. The van der Waals surface area contributed by atoms with Gasteiger partial charge in [-0.05, 0) is 97.7 Å². The van der Waals surface area contributed by atoms with Gasteiger partial charge in [0, 0.05) is 22.6 Å². The van der Waals surface area contributed by atoms with Crippen molar-refractivity contribution in [3.8, 4) is 0 Å². The summed E-state index contributed by atoms with van der Waals surface area (Å²) in [6, 6.07) is 27.2. The van der Waals surface area contributed by atoms with E-state index in [9.17, 15) is 5.11 Å². The number of aliphatic carboxylic acids is 1. The second-order valence-electron chi connectivity index (χ2n) is 11.1. The number of aliphatic hydroxyl groups is 1. The summed E-state index contributed by atoms with van der Waals surface area (Å²) in [6.07, 6.45) is 8.96. The fourth-order valence-corrected chi connectivity index (χ4v) is 6.38. The number of benzene rings is 3. The molecule has 4 nitrogen and oxygen atoms in total. The van der Waals surface area contributed by atoms with Crippen molar-refractivity contribution >= 4 is 90.1 Å². The van der Waals surface area contributed by atoms with Gasteiger partial charge in [-0.2, -0.15) is 11.8 Å². The van der Waals surface area contributed by atoms with Crippen LogP contribution >= 0.6 is 23.4 Å². The molecule has 5 rings (SSSR count). The van der Waals surface area contributed by atoms with E-state index in [-0.39, 0.29) is 37.7 Å². The molecule has 1 aromatic heterocycles. The van der Waals surface area contributed by atoms with Crippen molar-refractivity contribution in [2.24, 2.45) is 5.92 Å². The summed E-state index contributed by atoms with van der Waals surface area (Å²) in [5.41, 5.74) is 5.81. The third kappa shape index (κ3) is 11.0. The monoisotopic (exact) mass is 629 g/mol. The number of pyridine rings is 1. The molecule has 3 aromatic carbocycles. The van der Waals surface area contributed by atoms with E-state index in [2.05, 4.69) is 72.4 Å². The minimum absolute atomic E-state index is 0. The zero-order valence-corrected chi connectivity index (χ0v) is 25.5. The van der Waals surface area contributed by atoms with Crippen LogP contribution in [0.4, 0.5) is 0 Å². The number of fused-ring (bicyclic) bond motifs is 1. The maximum absolute atomic E-state index is 10.7. The molecule has 7 heteroatoms. The van der Waals surface area contributed by atoms with E-state index in [4.69, 9.17) is 26.5 Å². The van der Waals surface area contributed by atoms with Gasteiger partial charge in [0.2, 0.25) is 0 Å². The first-order chi connectivity index (χ1) is 19.6. The SMILES string of the molecule is CC(=O)O.CC(C)(O)c1ccccc1CCC(SCC1CC1)c1cccc(/C=C/c2ccc3ccc(Cl)cc3n2)c1.[CaH2]. The van der Waals surface area contributed by atoms with Crippen molar-refractivity contribution in [3.05, 3.63) is 112 Å². The van der Waals surface area contributed by atoms with Crippen LogP contribution < -0.4 is 0 Å². The van der Waals surface area contributed by atoms with Crippen LogP contribution in [-0.4, -0.2) is 64.7 Å². The van der Waals surface area contributed by atoms with Crippen molar-refractivity contribution < 1.29 is 15.0 Å². The van der Waals surface area contributed by atoms with Gasteiger partial charge in [-0.1, -0.05) is 78.3 Å². The van der Waals surface area contributed by atoms with Gasteiger partial charge >= 0.3 is 37.7 Å². The summed E-state index contributed by atoms with van der Waals surface area (Å²) in [6.45, 7) is 4.83. The molecule has 4 aromatic rings. The van der Waals surface area contributed by atoms with E-state index in [0.29, 0.717) is 10.3 Å². The number of carboxylic acid groups (broad SMARTS) is 1. The number of carboxylic acids is 1. The molecule has 0 spiro atoms. The zero-order chi connectivity index (χ0) is 29.4. The van der Waals surface area contributed by atoms with Gasteiger partial charge in [0.1, 0.15) is 0 Å². The quantitative estimate of drug-likeness (QED) is 0.173. The summed E-state index contributed by atoms with van der Waals surface area (Å²) >= 11 is 8.26. The Kier molecular flexibility index (Phi) is 13.4. The Morgan fingerprint density at radius 3 is 2.48 bits per heavy atom. The normalized spacial score (nSPS) is 13.7. The Balaban J connectivity index is 0.000000911. The number of carbonyl (C=O) groups is 1. The van der Waals surface area contributed by atoms with Crippen molar-refractivity contribution in [1.29, 1.82) is 0 Å². The molecule has 1 aliphatic rings. The van der Waals surface area contributed by atoms with E-state index in [1.165, 1.54) is 35.3 Å². The van der Waals surface area contributed by atoms with Gasteiger partial charge < -0.3 is 10.2 Å². The maximum atomic E-state index is 10.7. The second kappa shape index (κ2) is 16.3. The van der Waals surface area contributed by atoms with Gasteiger partial charge in [-0.15, -0.1) is 0 Å². The first-order valence-electron chi connectivity index (χ1n) is 14.0. The van der Waals surface area contributed by atoms with Crippen LogP contribution in [0.1, 0.15) is 73.2 Å². The Hall–Kier alpha value is -1.86. The van der Waals surface area contributed by atoms with Crippen LogP contribution in [0.5, 0.6) is 0 Å². The molecule has 1 saturated carbocycles. The molecule has 2 N–H and O–H groups in total. The van der Waals surface area contributed by atoms with Crippen LogP contribution in [0.3, 0.4) is 0 Å². The van der Waals surface area contributed by atoms with Gasteiger partial charge in [0.25, 0.3) is 5.97 Å². The van der Waals surface area contributed by atoms with Gasteiger partial charge in [-0.25, -0.2) is 4.98 Å². The molecule has 0 saturated heterocycles. The van der Waals surface area contributed by atoms with E-state index in [0.717, 1.165) is 47.8 Å². The summed E-state index contributed by atoms with van der Waals surface area (Å²) in [5.74, 6) is 1.27. The third-order valence-electron chi connectivity index (χ3n) is 6.99. The average molecular weight is 630 g/mol. The molecule has 0 bridgehead atoms. The van der Waals surface area contributed by atoms with Crippen LogP contribution in [0.2, 0.25) is 5.02 Å². The Bertz CT molecular complexity index is 1510. The van der Waals surface area contributed by atoms with Gasteiger partial charge in [0.05, 0.1) is 16.8 Å². The van der Waals surface area contributed by atoms with Crippen LogP contribution in [0, 0.1) is 5.92 Å². The number of aromatic nitrogens is 1. The Labute approximate surface area is 288 Å². The van der Waals surface area contributed by atoms with Crippen LogP contribution in [-0.2, 0) is 16.8 Å². The molecule has 42 heavy (non-hydrogen) atoms. The van der Waals surface area contributed by atoms with Crippen molar-refractivity contribution in [2.45, 2.75) is 57.3 Å².